The summed E-state index contributed by atoms with van der Waals surface area (Å²) in [5.74, 6) is -0.843. The van der Waals surface area contributed by atoms with Crippen LogP contribution in [0.5, 0.6) is 5.75 Å². The molecule has 0 bridgehead atoms. The minimum Gasteiger partial charge on any atom is -0.505 e. The third-order valence-corrected chi connectivity index (χ3v) is 3.22. The number of nitrogens with one attached hydrogen (secondary N) is 1. The van der Waals surface area contributed by atoms with Crippen molar-refractivity contribution in [3.63, 3.8) is 0 Å². The molecule has 0 spiro atoms. The van der Waals surface area contributed by atoms with Gasteiger partial charge >= 0.3 is 0 Å². The van der Waals surface area contributed by atoms with Crippen molar-refractivity contribution in [3.05, 3.63) is 65.5 Å². The highest BCUT2D eigenvalue weighted by atomic mass is 19.1. The zero-order valence-corrected chi connectivity index (χ0v) is 10.9. The van der Waals surface area contributed by atoms with Crippen molar-refractivity contribution >= 4 is 0 Å². The number of rotatable bonds is 5. The van der Waals surface area contributed by atoms with E-state index in [1.54, 1.807) is 12.1 Å². The second-order valence-electron chi connectivity index (χ2n) is 4.50. The molecule has 2 aromatic carbocycles. The molecule has 1 unspecified atom stereocenters. The Morgan fingerprint density at radius 3 is 2.53 bits per heavy atom. The van der Waals surface area contributed by atoms with Gasteiger partial charge in [0.25, 0.3) is 0 Å². The number of hydrogen-bond acceptors (Lipinski definition) is 2. The maximum absolute atomic E-state index is 13.2. The fourth-order valence-electron chi connectivity index (χ4n) is 2.12. The van der Waals surface area contributed by atoms with E-state index in [0.29, 0.717) is 12.1 Å². The van der Waals surface area contributed by atoms with Gasteiger partial charge in [-0.3, -0.25) is 0 Å². The van der Waals surface area contributed by atoms with Crippen LogP contribution in [0.2, 0.25) is 0 Å². The first-order valence-corrected chi connectivity index (χ1v) is 6.47. The Labute approximate surface area is 112 Å². The lowest BCUT2D eigenvalue weighted by atomic mass is 10.0. The predicted molar refractivity (Wildman–Crippen MR) is 74.4 cm³/mol. The van der Waals surface area contributed by atoms with E-state index >= 15 is 0 Å². The molecule has 0 aliphatic rings. The Bertz CT molecular complexity index is 528. The third-order valence-electron chi connectivity index (χ3n) is 3.22. The van der Waals surface area contributed by atoms with Gasteiger partial charge in [0.15, 0.2) is 11.6 Å². The molecule has 0 aromatic heterocycles. The second kappa shape index (κ2) is 6.34. The van der Waals surface area contributed by atoms with Crippen LogP contribution in [0.15, 0.2) is 48.5 Å². The van der Waals surface area contributed by atoms with Crippen molar-refractivity contribution < 1.29 is 9.50 Å². The van der Waals surface area contributed by atoms with Gasteiger partial charge in [0.2, 0.25) is 0 Å². The number of aromatic hydroxyl groups is 1. The van der Waals surface area contributed by atoms with Gasteiger partial charge in [0.1, 0.15) is 0 Å². The lowest BCUT2D eigenvalue weighted by molar-refractivity contribution is 0.418. The average molecular weight is 259 g/mol. The van der Waals surface area contributed by atoms with Gasteiger partial charge in [0.05, 0.1) is 0 Å². The van der Waals surface area contributed by atoms with E-state index in [9.17, 15) is 9.50 Å². The van der Waals surface area contributed by atoms with Gasteiger partial charge in [-0.05, 0) is 18.1 Å². The first kappa shape index (κ1) is 13.6. The highest BCUT2D eigenvalue weighted by Crippen LogP contribution is 2.22. The van der Waals surface area contributed by atoms with Crippen LogP contribution in [-0.2, 0) is 6.54 Å². The number of phenolic OH excluding ortho intramolecular Hbond substituents is 1. The minimum absolute atomic E-state index is 0.198. The first-order valence-electron chi connectivity index (χ1n) is 6.47. The van der Waals surface area contributed by atoms with Gasteiger partial charge < -0.3 is 10.4 Å². The molecule has 0 radical (unpaired) electrons. The van der Waals surface area contributed by atoms with E-state index in [4.69, 9.17) is 0 Å². The van der Waals surface area contributed by atoms with Gasteiger partial charge in [-0.25, -0.2) is 4.39 Å². The summed E-state index contributed by atoms with van der Waals surface area (Å²) < 4.78 is 13.2. The van der Waals surface area contributed by atoms with Crippen molar-refractivity contribution in [1.29, 1.82) is 0 Å². The summed E-state index contributed by atoms with van der Waals surface area (Å²) in [6.45, 7) is 2.53. The molecule has 2 rings (SSSR count). The van der Waals surface area contributed by atoms with Crippen molar-refractivity contribution in [2.24, 2.45) is 0 Å². The minimum atomic E-state index is -0.577. The summed E-state index contributed by atoms with van der Waals surface area (Å²) in [7, 11) is 0. The molecule has 0 fully saturated rings. The monoisotopic (exact) mass is 259 g/mol. The molecule has 2 N–H and O–H groups in total. The van der Waals surface area contributed by atoms with Gasteiger partial charge in [-0.1, -0.05) is 49.4 Å². The summed E-state index contributed by atoms with van der Waals surface area (Å²) in [5.41, 5.74) is 1.77. The number of hydrogen-bond donors (Lipinski definition) is 2. The molecule has 0 heterocycles. The molecule has 2 nitrogen and oxygen atoms in total. The molecule has 0 aliphatic carbocycles. The van der Waals surface area contributed by atoms with Crippen LogP contribution < -0.4 is 5.32 Å². The molecule has 100 valence electrons. The molecular weight excluding hydrogens is 241 g/mol. The van der Waals surface area contributed by atoms with E-state index in [0.717, 1.165) is 6.42 Å². The molecule has 3 heteroatoms. The zero-order chi connectivity index (χ0) is 13.7. The Morgan fingerprint density at radius 1 is 1.11 bits per heavy atom. The van der Waals surface area contributed by atoms with Crippen LogP contribution in [-0.4, -0.2) is 5.11 Å². The number of benzene rings is 2. The van der Waals surface area contributed by atoms with Crippen LogP contribution >= 0.6 is 0 Å². The van der Waals surface area contributed by atoms with Crippen molar-refractivity contribution in [3.8, 4) is 5.75 Å². The topological polar surface area (TPSA) is 32.3 Å². The summed E-state index contributed by atoms with van der Waals surface area (Å²) in [6, 6.07) is 14.9. The first-order chi connectivity index (χ1) is 9.22. The van der Waals surface area contributed by atoms with Crippen LogP contribution in [0, 0.1) is 5.82 Å². The lowest BCUT2D eigenvalue weighted by Gasteiger charge is -2.18. The van der Waals surface area contributed by atoms with Crippen molar-refractivity contribution in [2.75, 3.05) is 0 Å². The van der Waals surface area contributed by atoms with Crippen LogP contribution in [0.25, 0.3) is 0 Å². The fourth-order valence-corrected chi connectivity index (χ4v) is 2.12. The molecule has 2 aromatic rings. The Balaban J connectivity index is 2.06. The van der Waals surface area contributed by atoms with E-state index < -0.39 is 5.82 Å². The van der Waals surface area contributed by atoms with Crippen LogP contribution in [0.3, 0.4) is 0 Å². The molecular formula is C16H18FNO. The summed E-state index contributed by atoms with van der Waals surface area (Å²) in [4.78, 5) is 0. The number of para-hydroxylation sites is 1. The van der Waals surface area contributed by atoms with E-state index in [2.05, 4.69) is 24.4 Å². The summed E-state index contributed by atoms with van der Waals surface area (Å²) in [5, 5.41) is 13.0. The highest BCUT2D eigenvalue weighted by molar-refractivity contribution is 5.33. The van der Waals surface area contributed by atoms with Crippen LogP contribution in [0.1, 0.15) is 30.5 Å². The number of phenols is 1. The normalized spacial score (nSPS) is 12.3. The molecule has 0 amide bonds. The highest BCUT2D eigenvalue weighted by Gasteiger charge is 2.11. The fraction of sp³-hybridized carbons (Fsp3) is 0.250. The molecule has 1 atom stereocenters. The number of halogens is 1. The van der Waals surface area contributed by atoms with E-state index in [1.807, 2.05) is 18.2 Å². The van der Waals surface area contributed by atoms with Gasteiger partial charge in [-0.15, -0.1) is 0 Å². The van der Waals surface area contributed by atoms with Gasteiger partial charge in [0, 0.05) is 18.2 Å². The second-order valence-corrected chi connectivity index (χ2v) is 4.50. The maximum Gasteiger partial charge on any atom is 0.165 e. The Morgan fingerprint density at radius 2 is 1.84 bits per heavy atom. The lowest BCUT2D eigenvalue weighted by Crippen LogP contribution is -2.20. The maximum atomic E-state index is 13.2. The largest absolute Gasteiger partial charge is 0.505 e. The standard InChI is InChI=1S/C16H18FNO/c1-2-15(12-7-4-3-5-8-12)18-11-13-9-6-10-14(17)16(13)19/h3-10,15,18-19H,2,11H2,1H3. The smallest absolute Gasteiger partial charge is 0.165 e. The SMILES string of the molecule is CCC(NCc1cccc(F)c1O)c1ccccc1. The average Bonchev–Trinajstić information content (AvgIpc) is 2.45. The van der Waals surface area contributed by atoms with E-state index in [1.165, 1.54) is 11.6 Å². The van der Waals surface area contributed by atoms with Crippen molar-refractivity contribution in [1.82, 2.24) is 5.32 Å². The van der Waals surface area contributed by atoms with Crippen LogP contribution in [0.4, 0.5) is 4.39 Å². The predicted octanol–water partition coefficient (Wildman–Crippen LogP) is 3.77. The van der Waals surface area contributed by atoms with Gasteiger partial charge in [-0.2, -0.15) is 0 Å². The molecule has 0 saturated heterocycles. The summed E-state index contributed by atoms with van der Waals surface area (Å²) >= 11 is 0. The molecule has 0 saturated carbocycles. The summed E-state index contributed by atoms with van der Waals surface area (Å²) in [6.07, 6.45) is 0.931. The zero-order valence-electron chi connectivity index (χ0n) is 10.9. The third kappa shape index (κ3) is 3.32. The van der Waals surface area contributed by atoms with Crippen molar-refractivity contribution in [2.45, 2.75) is 25.9 Å². The Kier molecular flexibility index (Phi) is 4.53. The molecule has 19 heavy (non-hydrogen) atoms. The Hall–Kier alpha value is -1.87. The van der Waals surface area contributed by atoms with E-state index in [-0.39, 0.29) is 11.8 Å². The molecule has 0 aliphatic heterocycles. The quantitative estimate of drug-likeness (QED) is 0.856.